The number of anilines is 1. The van der Waals surface area contributed by atoms with Crippen LogP contribution in [0, 0.1) is 10.1 Å². The van der Waals surface area contributed by atoms with E-state index in [4.69, 9.17) is 4.74 Å². The molecule has 1 amide bonds. The van der Waals surface area contributed by atoms with Crippen molar-refractivity contribution >= 4 is 23.3 Å². The second kappa shape index (κ2) is 8.86. The molecule has 5 rings (SSSR count). The van der Waals surface area contributed by atoms with E-state index >= 15 is 0 Å². The maximum atomic E-state index is 13.6. The van der Waals surface area contributed by atoms with E-state index in [0.29, 0.717) is 28.1 Å². The maximum absolute atomic E-state index is 13.6. The van der Waals surface area contributed by atoms with Gasteiger partial charge >= 0.3 is 5.97 Å². The van der Waals surface area contributed by atoms with Crippen molar-refractivity contribution in [2.75, 3.05) is 11.5 Å². The summed E-state index contributed by atoms with van der Waals surface area (Å²) in [5, 5.41) is 19.2. The molecule has 1 atom stereocenters. The average molecular weight is 468 g/mol. The molecule has 0 spiro atoms. The first-order chi connectivity index (χ1) is 17.0. The van der Waals surface area contributed by atoms with Crippen molar-refractivity contribution in [3.8, 4) is 11.3 Å². The highest BCUT2D eigenvalue weighted by Crippen LogP contribution is 2.47. The highest BCUT2D eigenvalue weighted by molar-refractivity contribution is 6.12. The number of nitrogens with zero attached hydrogens (tertiary/aromatic N) is 3. The summed E-state index contributed by atoms with van der Waals surface area (Å²) >= 11 is 0. The van der Waals surface area contributed by atoms with Crippen LogP contribution in [0.3, 0.4) is 0 Å². The van der Waals surface area contributed by atoms with Gasteiger partial charge in [-0.2, -0.15) is 5.10 Å². The van der Waals surface area contributed by atoms with Gasteiger partial charge in [0.05, 0.1) is 34.4 Å². The number of aromatic amines is 1. The zero-order chi connectivity index (χ0) is 24.5. The number of carbonyl (C=O) groups is 2. The molecule has 0 aliphatic carbocycles. The number of aromatic nitrogens is 2. The van der Waals surface area contributed by atoms with Gasteiger partial charge in [0.25, 0.3) is 11.6 Å². The molecule has 174 valence electrons. The molecule has 9 nitrogen and oxygen atoms in total. The molecule has 35 heavy (non-hydrogen) atoms. The van der Waals surface area contributed by atoms with Crippen molar-refractivity contribution in [2.24, 2.45) is 0 Å². The van der Waals surface area contributed by atoms with Crippen LogP contribution in [-0.2, 0) is 4.74 Å². The Morgan fingerprint density at radius 2 is 1.74 bits per heavy atom. The summed E-state index contributed by atoms with van der Waals surface area (Å²) in [6, 6.07) is 21.3. The molecule has 0 bridgehead atoms. The number of amides is 1. The highest BCUT2D eigenvalue weighted by atomic mass is 16.6. The van der Waals surface area contributed by atoms with E-state index in [1.165, 1.54) is 11.0 Å². The third kappa shape index (κ3) is 3.72. The Morgan fingerprint density at radius 1 is 1.06 bits per heavy atom. The van der Waals surface area contributed by atoms with Crippen LogP contribution in [0.5, 0.6) is 0 Å². The number of ether oxygens (including phenoxy) is 1. The van der Waals surface area contributed by atoms with Crippen LogP contribution >= 0.6 is 0 Å². The number of nitro benzene ring substituents is 1. The minimum atomic E-state index is -0.804. The van der Waals surface area contributed by atoms with Crippen LogP contribution in [0.4, 0.5) is 11.4 Å². The molecule has 1 N–H and O–H groups in total. The van der Waals surface area contributed by atoms with Gasteiger partial charge in [0.1, 0.15) is 5.69 Å². The van der Waals surface area contributed by atoms with Crippen molar-refractivity contribution in [1.29, 1.82) is 0 Å². The van der Waals surface area contributed by atoms with Crippen molar-refractivity contribution in [1.82, 2.24) is 10.2 Å². The van der Waals surface area contributed by atoms with E-state index in [-0.39, 0.29) is 23.9 Å². The third-order valence-corrected chi connectivity index (χ3v) is 5.90. The average Bonchev–Trinajstić information content (AvgIpc) is 3.43. The van der Waals surface area contributed by atoms with Crippen LogP contribution in [0.15, 0.2) is 78.9 Å². The normalized spacial score (nSPS) is 14.6. The number of hydrogen-bond acceptors (Lipinski definition) is 6. The third-order valence-electron chi connectivity index (χ3n) is 5.90. The number of rotatable bonds is 6. The molecular weight excluding hydrogens is 448 g/mol. The molecule has 4 aromatic rings. The zero-order valence-electron chi connectivity index (χ0n) is 18.7. The molecule has 1 aromatic heterocycles. The first kappa shape index (κ1) is 22.0. The first-order valence-electron chi connectivity index (χ1n) is 11.0. The summed E-state index contributed by atoms with van der Waals surface area (Å²) in [5.74, 6) is -0.843. The predicted octanol–water partition coefficient (Wildman–Crippen LogP) is 4.91. The van der Waals surface area contributed by atoms with Gasteiger partial charge in [-0.25, -0.2) is 4.79 Å². The number of para-hydroxylation sites is 1. The standard InChI is InChI=1S/C26H20N4O5/c1-2-35-26(32)17-12-14-18(15-13-17)29-24(19-10-6-7-11-20(19)30(33)34)21-22(16-8-4-3-5-9-16)27-28-23(21)25(29)31/h3-15,24H,2H2,1H3,(H,27,28)/t24-/m1/s1. The molecule has 0 radical (unpaired) electrons. The molecule has 1 aliphatic rings. The van der Waals surface area contributed by atoms with Gasteiger partial charge in [0.2, 0.25) is 0 Å². The van der Waals surface area contributed by atoms with Gasteiger partial charge in [0, 0.05) is 22.9 Å². The summed E-state index contributed by atoms with van der Waals surface area (Å²) in [4.78, 5) is 38.7. The van der Waals surface area contributed by atoms with E-state index in [1.54, 1.807) is 49.4 Å². The monoisotopic (exact) mass is 468 g/mol. The van der Waals surface area contributed by atoms with E-state index in [1.807, 2.05) is 30.3 Å². The number of hydrogen-bond donors (Lipinski definition) is 1. The van der Waals surface area contributed by atoms with Gasteiger partial charge in [-0.3, -0.25) is 24.9 Å². The molecule has 0 fully saturated rings. The molecular formula is C26H20N4O5. The number of carbonyl (C=O) groups excluding carboxylic acids is 2. The lowest BCUT2D eigenvalue weighted by atomic mass is 9.94. The van der Waals surface area contributed by atoms with Crippen LogP contribution in [0.2, 0.25) is 0 Å². The lowest BCUT2D eigenvalue weighted by Crippen LogP contribution is -2.29. The largest absolute Gasteiger partial charge is 0.462 e. The van der Waals surface area contributed by atoms with Gasteiger partial charge in [-0.15, -0.1) is 0 Å². The van der Waals surface area contributed by atoms with Gasteiger partial charge in [-0.05, 0) is 37.3 Å². The summed E-state index contributed by atoms with van der Waals surface area (Å²) < 4.78 is 5.04. The Hall–Kier alpha value is -4.79. The molecule has 0 saturated heterocycles. The summed E-state index contributed by atoms with van der Waals surface area (Å²) in [6.45, 7) is 1.97. The van der Waals surface area contributed by atoms with Crippen molar-refractivity contribution in [2.45, 2.75) is 13.0 Å². The smallest absolute Gasteiger partial charge is 0.338 e. The molecule has 0 unspecified atom stereocenters. The van der Waals surface area contributed by atoms with Gasteiger partial charge in [-0.1, -0.05) is 42.5 Å². The molecule has 0 saturated carbocycles. The number of nitrogens with one attached hydrogen (secondary N) is 1. The number of nitro groups is 1. The summed E-state index contributed by atoms with van der Waals surface area (Å²) in [5.41, 5.74) is 3.23. The minimum Gasteiger partial charge on any atom is -0.462 e. The van der Waals surface area contributed by atoms with Crippen LogP contribution < -0.4 is 4.90 Å². The van der Waals surface area contributed by atoms with E-state index in [0.717, 1.165) is 5.56 Å². The van der Waals surface area contributed by atoms with E-state index in [9.17, 15) is 19.7 Å². The fourth-order valence-corrected chi connectivity index (χ4v) is 4.38. The summed E-state index contributed by atoms with van der Waals surface area (Å²) in [6.07, 6.45) is 0. The molecule has 2 heterocycles. The Bertz CT molecular complexity index is 1430. The topological polar surface area (TPSA) is 118 Å². The Labute approximate surface area is 200 Å². The van der Waals surface area contributed by atoms with Gasteiger partial charge in [0.15, 0.2) is 0 Å². The number of esters is 1. The lowest BCUT2D eigenvalue weighted by molar-refractivity contribution is -0.385. The number of fused-ring (bicyclic) bond motifs is 1. The first-order valence-corrected chi connectivity index (χ1v) is 11.0. The second-order valence-corrected chi connectivity index (χ2v) is 7.89. The molecule has 9 heteroatoms. The van der Waals surface area contributed by atoms with Gasteiger partial charge < -0.3 is 4.74 Å². The van der Waals surface area contributed by atoms with Crippen LogP contribution in [-0.4, -0.2) is 33.6 Å². The Morgan fingerprint density at radius 3 is 2.43 bits per heavy atom. The fourth-order valence-electron chi connectivity index (χ4n) is 4.38. The quantitative estimate of drug-likeness (QED) is 0.244. The van der Waals surface area contributed by atoms with Crippen LogP contribution in [0.25, 0.3) is 11.3 Å². The van der Waals surface area contributed by atoms with Crippen molar-refractivity contribution in [3.63, 3.8) is 0 Å². The maximum Gasteiger partial charge on any atom is 0.338 e. The minimum absolute atomic E-state index is 0.105. The zero-order valence-corrected chi connectivity index (χ0v) is 18.7. The second-order valence-electron chi connectivity index (χ2n) is 7.89. The van der Waals surface area contributed by atoms with E-state index in [2.05, 4.69) is 10.2 Å². The fraction of sp³-hybridized carbons (Fsp3) is 0.115. The lowest BCUT2D eigenvalue weighted by Gasteiger charge is -2.26. The number of H-pyrrole nitrogens is 1. The SMILES string of the molecule is CCOC(=O)c1ccc(N2C(=O)c3[nH]nc(-c4ccccc4)c3[C@H]2c2ccccc2[N+](=O)[O-])cc1. The summed E-state index contributed by atoms with van der Waals surface area (Å²) in [7, 11) is 0. The Kier molecular flexibility index (Phi) is 5.58. The van der Waals surface area contributed by atoms with E-state index < -0.39 is 16.9 Å². The highest BCUT2D eigenvalue weighted by Gasteiger charge is 2.45. The van der Waals surface area contributed by atoms with Crippen molar-refractivity contribution in [3.05, 3.63) is 111 Å². The molecule has 3 aromatic carbocycles. The molecule has 1 aliphatic heterocycles. The Balaban J connectivity index is 1.69. The number of benzene rings is 3. The van der Waals surface area contributed by atoms with Crippen molar-refractivity contribution < 1.29 is 19.2 Å². The predicted molar refractivity (Wildman–Crippen MR) is 128 cm³/mol. The van der Waals surface area contributed by atoms with Crippen LogP contribution in [0.1, 0.15) is 44.9 Å².